The minimum atomic E-state index is -0.0191. The lowest BCUT2D eigenvalue weighted by atomic mass is 9.77. The molecule has 3 rings (SSSR count). The van der Waals surface area contributed by atoms with E-state index in [2.05, 4.69) is 38.1 Å². The topological polar surface area (TPSA) is 26.3 Å². The molecule has 1 aromatic rings. The second kappa shape index (κ2) is 11.6. The lowest BCUT2D eigenvalue weighted by Gasteiger charge is -2.29. The Morgan fingerprint density at radius 2 is 1.55 bits per heavy atom. The van der Waals surface area contributed by atoms with Crippen molar-refractivity contribution >= 4 is 5.97 Å². The van der Waals surface area contributed by atoms with Crippen LogP contribution in [-0.4, -0.2) is 5.97 Å². The van der Waals surface area contributed by atoms with Gasteiger partial charge in [-0.15, -0.1) is 0 Å². The minimum absolute atomic E-state index is 0.0191. The Labute approximate surface area is 178 Å². The zero-order valence-electron chi connectivity index (χ0n) is 18.6. The molecular formula is C27H40O2. The van der Waals surface area contributed by atoms with Crippen molar-refractivity contribution in [3.63, 3.8) is 0 Å². The van der Waals surface area contributed by atoms with Crippen LogP contribution in [0.1, 0.15) is 102 Å². The lowest BCUT2D eigenvalue weighted by Crippen LogP contribution is -2.25. The number of carbonyl (C=O) groups is 1. The summed E-state index contributed by atoms with van der Waals surface area (Å²) in [5.41, 5.74) is 1.41. The van der Waals surface area contributed by atoms with Crippen LogP contribution in [-0.2, 0) is 4.79 Å². The third-order valence-electron chi connectivity index (χ3n) is 7.27. The van der Waals surface area contributed by atoms with Crippen LogP contribution in [0.5, 0.6) is 5.75 Å². The Hall–Kier alpha value is -1.57. The Morgan fingerprint density at radius 3 is 2.17 bits per heavy atom. The van der Waals surface area contributed by atoms with Crippen molar-refractivity contribution in [2.75, 3.05) is 0 Å². The van der Waals surface area contributed by atoms with Gasteiger partial charge in [0, 0.05) is 0 Å². The second-order valence-corrected chi connectivity index (χ2v) is 9.36. The van der Waals surface area contributed by atoms with Crippen molar-refractivity contribution in [1.82, 2.24) is 0 Å². The normalized spacial score (nSPS) is 27.8. The predicted molar refractivity (Wildman–Crippen MR) is 121 cm³/mol. The largest absolute Gasteiger partial charge is 0.426 e. The third kappa shape index (κ3) is 6.73. The summed E-state index contributed by atoms with van der Waals surface area (Å²) in [5.74, 6) is 3.19. The smallest absolute Gasteiger partial charge is 0.314 e. The van der Waals surface area contributed by atoms with Gasteiger partial charge in [-0.05, 0) is 107 Å². The Bertz CT molecular complexity index is 629. The highest BCUT2D eigenvalue weighted by molar-refractivity contribution is 5.75. The third-order valence-corrected chi connectivity index (χ3v) is 7.27. The molecule has 2 aliphatic carbocycles. The monoisotopic (exact) mass is 396 g/mol. The molecule has 0 amide bonds. The molecule has 0 aromatic heterocycles. The molecule has 0 N–H and O–H groups in total. The fourth-order valence-corrected chi connectivity index (χ4v) is 5.39. The molecule has 0 bridgehead atoms. The molecule has 0 heterocycles. The molecule has 2 nitrogen and oxygen atoms in total. The van der Waals surface area contributed by atoms with Crippen LogP contribution in [0.4, 0.5) is 0 Å². The first-order chi connectivity index (χ1) is 14.2. The summed E-state index contributed by atoms with van der Waals surface area (Å²) in [7, 11) is 0. The van der Waals surface area contributed by atoms with E-state index in [4.69, 9.17) is 4.74 Å². The van der Waals surface area contributed by atoms with Gasteiger partial charge in [0.15, 0.2) is 0 Å². The van der Waals surface area contributed by atoms with Crippen molar-refractivity contribution in [1.29, 1.82) is 0 Å². The van der Waals surface area contributed by atoms with E-state index in [1.165, 1.54) is 69.8 Å². The van der Waals surface area contributed by atoms with E-state index in [9.17, 15) is 4.79 Å². The lowest BCUT2D eigenvalue weighted by molar-refractivity contribution is -0.140. The van der Waals surface area contributed by atoms with Gasteiger partial charge >= 0.3 is 5.97 Å². The van der Waals surface area contributed by atoms with Crippen LogP contribution >= 0.6 is 0 Å². The van der Waals surface area contributed by atoms with Gasteiger partial charge in [0.05, 0.1) is 5.92 Å². The molecule has 0 aliphatic heterocycles. The molecule has 160 valence electrons. The average molecular weight is 397 g/mol. The molecular weight excluding hydrogens is 356 g/mol. The summed E-state index contributed by atoms with van der Waals surface area (Å²) in [6, 6.07) is 8.39. The van der Waals surface area contributed by atoms with E-state index < -0.39 is 0 Å². The number of rotatable bonds is 8. The number of carbonyl (C=O) groups excluding carboxylic acids is 1. The second-order valence-electron chi connectivity index (χ2n) is 9.36. The van der Waals surface area contributed by atoms with Crippen LogP contribution in [0.25, 0.3) is 0 Å². The number of allylic oxidation sites excluding steroid dienone is 2. The number of hydrogen-bond donors (Lipinski definition) is 0. The summed E-state index contributed by atoms with van der Waals surface area (Å²) in [6.07, 6.45) is 19.2. The van der Waals surface area contributed by atoms with Crippen LogP contribution < -0.4 is 4.74 Å². The highest BCUT2D eigenvalue weighted by Gasteiger charge is 2.27. The maximum atomic E-state index is 12.5. The molecule has 2 heteroatoms. The highest BCUT2D eigenvalue weighted by Crippen LogP contribution is 2.38. The van der Waals surface area contributed by atoms with Crippen LogP contribution in [0.15, 0.2) is 36.4 Å². The van der Waals surface area contributed by atoms with Gasteiger partial charge in [-0.1, -0.05) is 44.1 Å². The van der Waals surface area contributed by atoms with E-state index in [1.807, 2.05) is 12.1 Å². The quantitative estimate of drug-likeness (QED) is 0.254. The zero-order valence-corrected chi connectivity index (χ0v) is 18.6. The van der Waals surface area contributed by atoms with Crippen LogP contribution in [0.3, 0.4) is 0 Å². The molecule has 0 radical (unpaired) electrons. The maximum absolute atomic E-state index is 12.5. The van der Waals surface area contributed by atoms with Crippen molar-refractivity contribution in [3.05, 3.63) is 42.0 Å². The van der Waals surface area contributed by atoms with Gasteiger partial charge in [0.1, 0.15) is 5.75 Å². The van der Waals surface area contributed by atoms with Gasteiger partial charge < -0.3 is 4.74 Å². The molecule has 0 saturated heterocycles. The van der Waals surface area contributed by atoms with Gasteiger partial charge in [-0.25, -0.2) is 0 Å². The molecule has 0 unspecified atom stereocenters. The maximum Gasteiger partial charge on any atom is 0.314 e. The fourth-order valence-electron chi connectivity index (χ4n) is 5.39. The van der Waals surface area contributed by atoms with E-state index in [-0.39, 0.29) is 11.9 Å². The highest BCUT2D eigenvalue weighted by atomic mass is 16.5. The summed E-state index contributed by atoms with van der Waals surface area (Å²) < 4.78 is 5.72. The molecule has 29 heavy (non-hydrogen) atoms. The first-order valence-corrected chi connectivity index (χ1v) is 12.1. The fraction of sp³-hybridized carbons (Fsp3) is 0.667. The average Bonchev–Trinajstić information content (AvgIpc) is 2.76. The number of esters is 1. The summed E-state index contributed by atoms with van der Waals surface area (Å²) >= 11 is 0. The molecule has 0 atom stereocenters. The molecule has 1 aromatic carbocycles. The predicted octanol–water partition coefficient (Wildman–Crippen LogP) is 7.83. The first-order valence-electron chi connectivity index (χ1n) is 12.1. The molecule has 0 spiro atoms. The molecule has 2 fully saturated rings. The van der Waals surface area contributed by atoms with Crippen LogP contribution in [0.2, 0.25) is 0 Å². The van der Waals surface area contributed by atoms with Crippen LogP contribution in [0, 0.1) is 17.8 Å². The van der Waals surface area contributed by atoms with Gasteiger partial charge in [0.2, 0.25) is 0 Å². The van der Waals surface area contributed by atoms with E-state index in [0.29, 0.717) is 5.92 Å². The van der Waals surface area contributed by atoms with Gasteiger partial charge in [-0.3, -0.25) is 4.79 Å². The van der Waals surface area contributed by atoms with Gasteiger partial charge in [-0.2, -0.15) is 0 Å². The Kier molecular flexibility index (Phi) is 8.83. The van der Waals surface area contributed by atoms with Crippen molar-refractivity contribution < 1.29 is 9.53 Å². The number of benzene rings is 1. The van der Waals surface area contributed by atoms with Crippen molar-refractivity contribution in [2.24, 2.45) is 17.8 Å². The van der Waals surface area contributed by atoms with E-state index in [0.717, 1.165) is 30.4 Å². The number of ether oxygens (including phenoxy) is 1. The van der Waals surface area contributed by atoms with E-state index >= 15 is 0 Å². The number of hydrogen-bond acceptors (Lipinski definition) is 2. The van der Waals surface area contributed by atoms with Gasteiger partial charge in [0.25, 0.3) is 0 Å². The Morgan fingerprint density at radius 1 is 0.931 bits per heavy atom. The summed E-state index contributed by atoms with van der Waals surface area (Å²) in [5, 5.41) is 0. The standard InChI is InChI=1S/C27H40O2/c1-3-5-6-8-22-9-13-23(14-10-22)24-17-19-26(20-18-24)29-27(28)25-15-11-21(7-4-2)12-16-25/h3,5,17-23,25H,4,6-16H2,1-2H3/b5-3+/t21-,22?,23?,25-. The SMILES string of the molecule is C/C=C/CCC1CCC(c2ccc(OC(=O)[C@H]3CC[C@H](CCC)CC3)cc2)CC1. The summed E-state index contributed by atoms with van der Waals surface area (Å²) in [4.78, 5) is 12.5. The zero-order chi connectivity index (χ0) is 20.5. The van der Waals surface area contributed by atoms with E-state index in [1.54, 1.807) is 0 Å². The molecule has 2 aliphatic rings. The summed E-state index contributed by atoms with van der Waals surface area (Å²) in [6.45, 7) is 4.36. The first kappa shape index (κ1) is 22.1. The minimum Gasteiger partial charge on any atom is -0.426 e. The Balaban J connectivity index is 1.43. The van der Waals surface area contributed by atoms with Crippen molar-refractivity contribution in [3.8, 4) is 5.75 Å². The molecule has 2 saturated carbocycles. The van der Waals surface area contributed by atoms with Crippen molar-refractivity contribution in [2.45, 2.75) is 96.8 Å².